The molecular weight excluding hydrogens is 2120 g/mol. The van der Waals surface area contributed by atoms with Gasteiger partial charge in [0.1, 0.15) is 36.5 Å². The molecule has 20 heteroatoms. The third kappa shape index (κ3) is 21.9. The van der Waals surface area contributed by atoms with Gasteiger partial charge in [0.2, 0.25) is 12.7 Å². The van der Waals surface area contributed by atoms with Gasteiger partial charge in [0.05, 0.1) is 12.7 Å². The number of rotatable bonds is 12. The summed E-state index contributed by atoms with van der Waals surface area (Å²) in [6, 6.07) is 137. The predicted octanol–water partition coefficient (Wildman–Crippen LogP) is 28.6. The van der Waals surface area contributed by atoms with E-state index in [1.165, 1.54) is 196 Å². The summed E-state index contributed by atoms with van der Waals surface area (Å²) >= 11 is 56.5. The van der Waals surface area contributed by atoms with Crippen LogP contribution in [0.3, 0.4) is 0 Å². The number of hydrogen-bond acceptors (Lipinski definition) is 2. The van der Waals surface area contributed by atoms with E-state index in [-0.39, 0.29) is 34.0 Å². The van der Waals surface area contributed by atoms with Gasteiger partial charge in [0.25, 0.3) is 20.6 Å². The van der Waals surface area contributed by atoms with E-state index in [1.54, 1.807) is 6.33 Å². The molecule has 0 amide bonds. The van der Waals surface area contributed by atoms with Crippen molar-refractivity contribution < 1.29 is 43.1 Å². The van der Waals surface area contributed by atoms with E-state index in [0.717, 1.165) is 10.7 Å². The summed E-state index contributed by atoms with van der Waals surface area (Å²) in [4.78, 5) is 10.2. The van der Waals surface area contributed by atoms with Gasteiger partial charge in [-0.3, -0.25) is 0 Å². The molecule has 25 aromatic rings. The van der Waals surface area contributed by atoms with Gasteiger partial charge in [0.15, 0.2) is 10.3 Å². The molecule has 0 saturated carbocycles. The number of hydrogen-bond donors (Lipinski definition) is 1. The lowest BCUT2D eigenvalue weighted by Gasteiger charge is -2.07. The van der Waals surface area contributed by atoms with Gasteiger partial charge in [-0.05, 0) is 351 Å². The molecule has 21 aromatic carbocycles. The highest BCUT2D eigenvalue weighted by Gasteiger charge is 2.24. The average Bonchev–Trinajstić information content (AvgIpc) is 1.66. The van der Waals surface area contributed by atoms with E-state index >= 15 is 0 Å². The Morgan fingerprint density at radius 3 is 0.650 bits per heavy atom. The standard InChI is InChI=1S/2C33H23Cl2N2.C18H12Cl2N2.2C15H11Br.C3H2Cl2N2.2BrH/c2*34-32-33(35)37(20-23-10-12-29-16-25-6-2-4-8-27(25)18-31(29)14-23)21-36(32)19-22-9-11-28-15-24-5-1-3-7-26(24)17-30(28)13-22;19-17-18(20)22(11-21-17)10-12-5-6-15-8-13-3-1-2-4-14(13)9-16(15)7-12;2*16-10-11-5-6-14-8-12-3-1-2-4-13(12)9-15(14)7-11;4-2-3(5)7-1-6-2;;/h2*1-18,21H,19-20H2;1-9,11H,10H2;2*1-9H,10H2;1H,(H,6,7);2*1H/q2*+1;;;;;;/p-2. The zero-order valence-corrected chi connectivity index (χ0v) is 85.7. The number of halogens is 12. The third-order valence-corrected chi connectivity index (χ3v) is 29.2. The summed E-state index contributed by atoms with van der Waals surface area (Å²) in [6.45, 7) is 3.26. The van der Waals surface area contributed by atoms with Gasteiger partial charge in [-0.25, -0.2) is 28.2 Å². The van der Waals surface area contributed by atoms with Crippen LogP contribution in [-0.4, -0.2) is 28.7 Å². The SMILES string of the molecule is BrCc1ccc2cc3ccccc3cc2c1.BrCc1ccc2cc3ccccc3cc2c1.Clc1c(Cl)[n+](Cc2ccc3cc4ccccc4cc3c2)cn1Cc1ccc2cc3ccccc3cc2c1.Clc1c(Cl)[n+](Cc2ccc3cc4ccccc4cc3c2)cn1Cc1ccc2cc3ccccc3cc2c1.Clc1nc[nH]c1Cl.Clc1ncn(Cc2ccc3cc4ccccc4cc3c2)c1Cl.[Br-].[Br-]. The molecule has 25 rings (SSSR count). The molecule has 674 valence electrons. The highest BCUT2D eigenvalue weighted by Crippen LogP contribution is 2.35. The zero-order valence-electron chi connectivity index (χ0n) is 73.3. The van der Waals surface area contributed by atoms with E-state index in [4.69, 9.17) is 92.8 Å². The number of aromatic amines is 1. The molecule has 0 fully saturated rings. The van der Waals surface area contributed by atoms with E-state index < -0.39 is 0 Å². The molecule has 0 saturated heterocycles. The maximum Gasteiger partial charge on any atom is 0.255 e. The van der Waals surface area contributed by atoms with Crippen LogP contribution in [0.2, 0.25) is 41.2 Å². The monoisotopic (exact) mass is 2190 g/mol. The number of benzene rings is 21. The van der Waals surface area contributed by atoms with Crippen molar-refractivity contribution in [3.63, 3.8) is 0 Å². The number of imidazole rings is 4. The molecule has 4 aromatic heterocycles. The van der Waals surface area contributed by atoms with Gasteiger partial charge < -0.3 is 43.5 Å². The summed E-state index contributed by atoms with van der Waals surface area (Å²) in [6.07, 6.45) is 7.12. The van der Waals surface area contributed by atoms with Crippen LogP contribution in [0.1, 0.15) is 38.9 Å². The van der Waals surface area contributed by atoms with Crippen molar-refractivity contribution in [3.05, 3.63) is 488 Å². The number of nitrogens with zero attached hydrogens (tertiary/aromatic N) is 7. The predicted molar refractivity (Wildman–Crippen MR) is 581 cm³/mol. The maximum absolute atomic E-state index is 6.70. The van der Waals surface area contributed by atoms with Crippen LogP contribution < -0.4 is 43.1 Å². The second-order valence-electron chi connectivity index (χ2n) is 33.8. The Hall–Kier alpha value is -11.7. The van der Waals surface area contributed by atoms with Crippen molar-refractivity contribution in [1.29, 1.82) is 0 Å². The molecule has 1 N–H and O–H groups in total. The highest BCUT2D eigenvalue weighted by atomic mass is 79.9. The van der Waals surface area contributed by atoms with Gasteiger partial charge >= 0.3 is 0 Å². The van der Waals surface area contributed by atoms with Crippen LogP contribution in [0.25, 0.3) is 151 Å². The van der Waals surface area contributed by atoms with Gasteiger partial charge in [0, 0.05) is 17.2 Å². The van der Waals surface area contributed by atoms with E-state index in [0.29, 0.717) is 73.9 Å². The number of H-pyrrole nitrogens is 1. The third-order valence-electron chi connectivity index (χ3n) is 24.6. The fraction of sp³-hybridized carbons (Fsp3) is 0.0598. The lowest BCUT2D eigenvalue weighted by molar-refractivity contribution is -0.685. The summed E-state index contributed by atoms with van der Waals surface area (Å²) in [7, 11) is 0. The van der Waals surface area contributed by atoms with Crippen molar-refractivity contribution >= 4 is 275 Å². The fourth-order valence-corrected chi connectivity index (χ4v) is 19.8. The quantitative estimate of drug-likeness (QED) is 0.0753. The molecule has 8 nitrogen and oxygen atoms in total. The van der Waals surface area contributed by atoms with Gasteiger partial charge in [-0.2, -0.15) is 0 Å². The summed E-state index contributed by atoms with van der Waals surface area (Å²) in [5, 5.41) is 40.8. The highest BCUT2D eigenvalue weighted by molar-refractivity contribution is 9.08. The van der Waals surface area contributed by atoms with Crippen LogP contribution in [0, 0.1) is 0 Å². The lowest BCUT2D eigenvalue weighted by atomic mass is 10.0. The van der Waals surface area contributed by atoms with Crippen molar-refractivity contribution in [1.82, 2.24) is 28.7 Å². The summed E-state index contributed by atoms with van der Waals surface area (Å²) in [5.41, 5.74) is 8.54. The molecule has 0 aliphatic heterocycles. The van der Waals surface area contributed by atoms with Gasteiger partial charge in [-0.1, -0.05) is 345 Å². The van der Waals surface area contributed by atoms with E-state index in [9.17, 15) is 0 Å². The second kappa shape index (κ2) is 43.2. The molecule has 0 bridgehead atoms. The Labute approximate surface area is 869 Å². The number of alkyl halides is 2. The molecule has 0 atom stereocenters. The van der Waals surface area contributed by atoms with E-state index in [2.05, 4.69) is 429 Å². The Kier molecular flexibility index (Phi) is 30.1. The average molecular weight is 2200 g/mol. The Morgan fingerprint density at radius 2 is 0.438 bits per heavy atom. The first-order valence-electron chi connectivity index (χ1n) is 44.1. The Morgan fingerprint density at radius 1 is 0.226 bits per heavy atom. The molecule has 4 heterocycles. The molecule has 0 aliphatic carbocycles. The lowest BCUT2D eigenvalue weighted by Crippen LogP contribution is -3.00. The summed E-state index contributed by atoms with van der Waals surface area (Å²) < 4.78 is 9.90. The van der Waals surface area contributed by atoms with Crippen LogP contribution in [-0.2, 0) is 43.4 Å². The molecular formula is C117H82Br4Cl8N8. The van der Waals surface area contributed by atoms with Crippen molar-refractivity contribution in [2.24, 2.45) is 0 Å². The largest absolute Gasteiger partial charge is 1.00 e. The maximum atomic E-state index is 6.70. The number of fused-ring (bicyclic) bond motifs is 14. The van der Waals surface area contributed by atoms with Crippen LogP contribution in [0.4, 0.5) is 0 Å². The topological polar surface area (TPSA) is 64.1 Å². The normalized spacial score (nSPS) is 11.2. The second-order valence-corrected chi connectivity index (χ2v) is 37.8. The smallest absolute Gasteiger partial charge is 0.255 e. The van der Waals surface area contributed by atoms with Crippen LogP contribution in [0.5, 0.6) is 0 Å². The molecule has 137 heavy (non-hydrogen) atoms. The van der Waals surface area contributed by atoms with Crippen LogP contribution >= 0.6 is 125 Å². The fourth-order valence-electron chi connectivity index (χ4n) is 17.7. The molecule has 0 unspecified atom stereocenters. The minimum absolute atomic E-state index is 0. The summed E-state index contributed by atoms with van der Waals surface area (Å²) in [5.74, 6) is 0. The first-order chi connectivity index (χ1) is 65.9. The number of nitrogens with one attached hydrogen (secondary N) is 1. The Bertz CT molecular complexity index is 8120. The van der Waals surface area contributed by atoms with Crippen molar-refractivity contribution in [3.8, 4) is 0 Å². The zero-order chi connectivity index (χ0) is 92.2. The van der Waals surface area contributed by atoms with Crippen LogP contribution in [0.15, 0.2) is 407 Å². The minimum Gasteiger partial charge on any atom is -1.00 e. The first-order valence-corrected chi connectivity index (χ1v) is 49.3. The molecule has 0 radical (unpaired) electrons. The molecule has 0 aliphatic rings. The van der Waals surface area contributed by atoms with Crippen molar-refractivity contribution in [2.45, 2.75) is 43.4 Å². The molecule has 0 spiro atoms. The van der Waals surface area contributed by atoms with Gasteiger partial charge in [-0.15, -0.1) is 0 Å². The van der Waals surface area contributed by atoms with E-state index in [1.807, 2.05) is 35.5 Å². The van der Waals surface area contributed by atoms with Crippen molar-refractivity contribution in [2.75, 3.05) is 0 Å². The first kappa shape index (κ1) is 95.6. The minimum atomic E-state index is 0. The number of aromatic nitrogens is 8. The Balaban J connectivity index is 0.000000116.